The van der Waals surface area contributed by atoms with Gasteiger partial charge in [0.2, 0.25) is 5.78 Å². The fourth-order valence-corrected chi connectivity index (χ4v) is 2.49. The Bertz CT molecular complexity index is 602. The molecule has 0 N–H and O–H groups in total. The lowest BCUT2D eigenvalue weighted by Gasteiger charge is -2.08. The van der Waals surface area contributed by atoms with Gasteiger partial charge in [0.15, 0.2) is 6.10 Å². The summed E-state index contributed by atoms with van der Waals surface area (Å²) in [5.41, 5.74) is 2.84. The molecule has 1 atom stereocenters. The normalized spacial score (nSPS) is 17.1. The second kappa shape index (κ2) is 4.88. The molecule has 0 aromatic heterocycles. The molecular formula is C17H16O2. The van der Waals surface area contributed by atoms with Crippen LogP contribution in [0.25, 0.3) is 0 Å². The van der Waals surface area contributed by atoms with E-state index in [-0.39, 0.29) is 5.78 Å². The van der Waals surface area contributed by atoms with Crippen LogP contribution < -0.4 is 4.74 Å². The summed E-state index contributed by atoms with van der Waals surface area (Å²) in [4.78, 5) is 12.4. The number of carbonyl (C=O) groups excluding carboxylic acids is 1. The zero-order valence-corrected chi connectivity index (χ0v) is 10.9. The summed E-state index contributed by atoms with van der Waals surface area (Å²) in [6.45, 7) is 2.14. The highest BCUT2D eigenvalue weighted by Gasteiger charge is 2.33. The van der Waals surface area contributed by atoms with Crippen LogP contribution in [0.5, 0.6) is 5.75 Å². The summed E-state index contributed by atoms with van der Waals surface area (Å²) in [7, 11) is 0. The fraction of sp³-hybridized carbons (Fsp3) is 0.235. The van der Waals surface area contributed by atoms with Crippen LogP contribution in [0.4, 0.5) is 0 Å². The molecule has 0 aliphatic carbocycles. The zero-order chi connectivity index (χ0) is 13.2. The monoisotopic (exact) mass is 252 g/mol. The molecular weight excluding hydrogens is 236 g/mol. The summed E-state index contributed by atoms with van der Waals surface area (Å²) in [6.07, 6.45) is 1.60. The minimum Gasteiger partial charge on any atom is -0.477 e. The predicted molar refractivity (Wildman–Crippen MR) is 74.6 cm³/mol. The molecule has 0 saturated carbocycles. The first-order valence-corrected chi connectivity index (χ1v) is 6.68. The van der Waals surface area contributed by atoms with Gasteiger partial charge in [-0.05, 0) is 24.1 Å². The number of ether oxygens (including phenoxy) is 1. The van der Waals surface area contributed by atoms with Crippen LogP contribution >= 0.6 is 0 Å². The Labute approximate surface area is 113 Å². The van der Waals surface area contributed by atoms with E-state index in [9.17, 15) is 4.79 Å². The lowest BCUT2D eigenvalue weighted by molar-refractivity contribution is 0.0858. The van der Waals surface area contributed by atoms with Crippen molar-refractivity contribution in [3.63, 3.8) is 0 Å². The van der Waals surface area contributed by atoms with E-state index in [1.165, 1.54) is 5.56 Å². The average Bonchev–Trinajstić information content (AvgIpc) is 2.78. The van der Waals surface area contributed by atoms with Gasteiger partial charge < -0.3 is 4.74 Å². The summed E-state index contributed by atoms with van der Waals surface area (Å²) < 4.78 is 5.79. The van der Waals surface area contributed by atoms with Crippen LogP contribution in [0.15, 0.2) is 48.5 Å². The first kappa shape index (κ1) is 12.0. The van der Waals surface area contributed by atoms with Gasteiger partial charge in [-0.3, -0.25) is 4.79 Å². The van der Waals surface area contributed by atoms with Crippen molar-refractivity contribution in [1.29, 1.82) is 0 Å². The maximum absolute atomic E-state index is 12.4. The van der Waals surface area contributed by atoms with Crippen LogP contribution in [0.1, 0.15) is 40.9 Å². The van der Waals surface area contributed by atoms with Crippen molar-refractivity contribution in [1.82, 2.24) is 0 Å². The van der Waals surface area contributed by atoms with Gasteiger partial charge in [0.1, 0.15) is 5.75 Å². The van der Waals surface area contributed by atoms with Crippen molar-refractivity contribution >= 4 is 5.78 Å². The maximum atomic E-state index is 12.4. The summed E-state index contributed by atoms with van der Waals surface area (Å²) in [5.74, 6) is 0.776. The standard InChI is InChI=1S/C17H16O2/c1-2-6-12-9-10-15-14(11-12)16(18)17(19-15)13-7-4-3-5-8-13/h3-5,7-11,17H,2,6H2,1H3. The second-order valence-corrected chi connectivity index (χ2v) is 4.85. The van der Waals surface area contributed by atoms with Crippen LogP contribution in [-0.2, 0) is 6.42 Å². The SMILES string of the molecule is CCCc1ccc2c(c1)C(=O)C(c1ccccc1)O2. The van der Waals surface area contributed by atoms with Gasteiger partial charge >= 0.3 is 0 Å². The number of Topliss-reactive ketones (excluding diaryl/α,β-unsaturated/α-hetero) is 1. The Morgan fingerprint density at radius 3 is 2.63 bits per heavy atom. The summed E-state index contributed by atoms with van der Waals surface area (Å²) in [6, 6.07) is 15.6. The van der Waals surface area contributed by atoms with E-state index in [0.717, 1.165) is 24.0 Å². The smallest absolute Gasteiger partial charge is 0.211 e. The molecule has 0 saturated heterocycles. The van der Waals surface area contributed by atoms with Gasteiger partial charge in [-0.25, -0.2) is 0 Å². The number of benzene rings is 2. The van der Waals surface area contributed by atoms with E-state index >= 15 is 0 Å². The molecule has 0 fully saturated rings. The predicted octanol–water partition coefficient (Wildman–Crippen LogP) is 3.96. The molecule has 1 heterocycles. The number of fused-ring (bicyclic) bond motifs is 1. The van der Waals surface area contributed by atoms with Crippen LogP contribution in [0, 0.1) is 0 Å². The molecule has 2 aromatic carbocycles. The Kier molecular flexibility index (Phi) is 3.08. The van der Waals surface area contributed by atoms with Crippen molar-refractivity contribution in [3.05, 3.63) is 65.2 Å². The van der Waals surface area contributed by atoms with Crippen molar-refractivity contribution in [3.8, 4) is 5.75 Å². The third kappa shape index (κ3) is 2.14. The maximum Gasteiger partial charge on any atom is 0.211 e. The largest absolute Gasteiger partial charge is 0.477 e. The molecule has 19 heavy (non-hydrogen) atoms. The summed E-state index contributed by atoms with van der Waals surface area (Å²) in [5, 5.41) is 0. The van der Waals surface area contributed by atoms with Crippen molar-refractivity contribution < 1.29 is 9.53 Å². The van der Waals surface area contributed by atoms with Crippen molar-refractivity contribution in [2.24, 2.45) is 0 Å². The van der Waals surface area contributed by atoms with Crippen LogP contribution in [0.3, 0.4) is 0 Å². The number of hydrogen-bond donors (Lipinski definition) is 0. The Balaban J connectivity index is 1.94. The molecule has 1 unspecified atom stereocenters. The third-order valence-corrected chi connectivity index (χ3v) is 3.43. The summed E-state index contributed by atoms with van der Waals surface area (Å²) >= 11 is 0. The van der Waals surface area contributed by atoms with Gasteiger partial charge in [0.05, 0.1) is 5.56 Å². The average molecular weight is 252 g/mol. The number of ketones is 1. The minimum absolute atomic E-state index is 0.0687. The molecule has 2 aromatic rings. The number of aryl methyl sites for hydroxylation is 1. The van der Waals surface area contributed by atoms with E-state index < -0.39 is 6.10 Å². The van der Waals surface area contributed by atoms with Gasteiger partial charge in [-0.1, -0.05) is 49.7 Å². The Morgan fingerprint density at radius 1 is 1.11 bits per heavy atom. The molecule has 1 aliphatic rings. The lowest BCUT2D eigenvalue weighted by atomic mass is 10.00. The highest BCUT2D eigenvalue weighted by molar-refractivity contribution is 6.05. The molecule has 2 heteroatoms. The molecule has 3 rings (SSSR count). The van der Waals surface area contributed by atoms with Crippen molar-refractivity contribution in [2.75, 3.05) is 0 Å². The van der Waals surface area contributed by atoms with E-state index in [1.54, 1.807) is 0 Å². The fourth-order valence-electron chi connectivity index (χ4n) is 2.49. The van der Waals surface area contributed by atoms with Crippen LogP contribution in [-0.4, -0.2) is 5.78 Å². The topological polar surface area (TPSA) is 26.3 Å². The van der Waals surface area contributed by atoms with Gasteiger partial charge in [0.25, 0.3) is 0 Å². The van der Waals surface area contributed by atoms with Crippen molar-refractivity contribution in [2.45, 2.75) is 25.9 Å². The highest BCUT2D eigenvalue weighted by Crippen LogP contribution is 2.37. The first-order chi connectivity index (χ1) is 9.29. The van der Waals surface area contributed by atoms with E-state index in [2.05, 4.69) is 6.92 Å². The molecule has 2 nitrogen and oxygen atoms in total. The van der Waals surface area contributed by atoms with Crippen LogP contribution in [0.2, 0.25) is 0 Å². The lowest BCUT2D eigenvalue weighted by Crippen LogP contribution is -2.10. The Hall–Kier alpha value is -2.09. The molecule has 1 aliphatic heterocycles. The molecule has 0 bridgehead atoms. The minimum atomic E-state index is -0.479. The third-order valence-electron chi connectivity index (χ3n) is 3.43. The van der Waals surface area contributed by atoms with Gasteiger partial charge in [0, 0.05) is 5.56 Å². The number of hydrogen-bond acceptors (Lipinski definition) is 2. The molecule has 96 valence electrons. The molecule has 0 radical (unpaired) electrons. The second-order valence-electron chi connectivity index (χ2n) is 4.85. The zero-order valence-electron chi connectivity index (χ0n) is 10.9. The Morgan fingerprint density at radius 2 is 1.89 bits per heavy atom. The van der Waals surface area contributed by atoms with Gasteiger partial charge in [-0.2, -0.15) is 0 Å². The van der Waals surface area contributed by atoms with E-state index in [4.69, 9.17) is 4.74 Å². The number of rotatable bonds is 3. The highest BCUT2D eigenvalue weighted by atomic mass is 16.5. The first-order valence-electron chi connectivity index (χ1n) is 6.68. The van der Waals surface area contributed by atoms with E-state index in [0.29, 0.717) is 5.75 Å². The molecule has 0 amide bonds. The van der Waals surface area contributed by atoms with E-state index in [1.807, 2.05) is 48.5 Å². The quantitative estimate of drug-likeness (QED) is 0.826. The van der Waals surface area contributed by atoms with Gasteiger partial charge in [-0.15, -0.1) is 0 Å². The number of carbonyl (C=O) groups is 1. The molecule has 0 spiro atoms.